The molecule has 0 unspecified atom stereocenters. The zero-order valence-corrected chi connectivity index (χ0v) is 12.4. The predicted molar refractivity (Wildman–Crippen MR) is 71.7 cm³/mol. The molecule has 1 aromatic rings. The number of aromatic nitrogens is 2. The van der Waals surface area contributed by atoms with Gasteiger partial charge in [-0.05, 0) is 18.9 Å². The molecule has 0 saturated heterocycles. The lowest BCUT2D eigenvalue weighted by atomic mass is 9.96. The number of halogens is 3. The summed E-state index contributed by atoms with van der Waals surface area (Å²) in [4.78, 5) is 11.7. The van der Waals surface area contributed by atoms with Crippen molar-refractivity contribution in [3.05, 3.63) is 17.5 Å². The lowest BCUT2D eigenvalue weighted by Crippen LogP contribution is -2.36. The molecule has 0 aromatic carbocycles. The highest BCUT2D eigenvalue weighted by Gasteiger charge is 2.37. The number of hydrogen-bond donors (Lipinski definition) is 1. The molecular weight excluding hydrogens is 283 g/mol. The van der Waals surface area contributed by atoms with Crippen LogP contribution in [0.1, 0.15) is 50.9 Å². The second-order valence-corrected chi connectivity index (χ2v) is 6.46. The summed E-state index contributed by atoms with van der Waals surface area (Å²) in [6.45, 7) is 5.88. The van der Waals surface area contributed by atoms with Gasteiger partial charge in [-0.25, -0.2) is 0 Å². The van der Waals surface area contributed by atoms with E-state index in [-0.39, 0.29) is 24.9 Å². The molecule has 1 amide bonds. The maximum absolute atomic E-state index is 12.7. The molecule has 7 heteroatoms. The van der Waals surface area contributed by atoms with Crippen LogP contribution in [-0.4, -0.2) is 22.2 Å². The van der Waals surface area contributed by atoms with Gasteiger partial charge in [0.05, 0.1) is 6.54 Å². The third-order valence-electron chi connectivity index (χ3n) is 3.39. The van der Waals surface area contributed by atoms with E-state index in [1.165, 1.54) is 4.68 Å². The number of carbonyl (C=O) groups excluding carboxylic acids is 1. The van der Waals surface area contributed by atoms with Gasteiger partial charge < -0.3 is 5.32 Å². The maximum atomic E-state index is 12.7. The zero-order valence-electron chi connectivity index (χ0n) is 12.4. The monoisotopic (exact) mass is 303 g/mol. The van der Waals surface area contributed by atoms with Crippen LogP contribution in [0.5, 0.6) is 0 Å². The quantitative estimate of drug-likeness (QED) is 0.929. The van der Waals surface area contributed by atoms with Crippen LogP contribution in [0.25, 0.3) is 0 Å². The summed E-state index contributed by atoms with van der Waals surface area (Å²) in [5.41, 5.74) is -0.750. The smallest absolute Gasteiger partial charge is 0.354 e. The maximum Gasteiger partial charge on any atom is 0.435 e. The average Bonchev–Trinajstić information content (AvgIpc) is 3.07. The van der Waals surface area contributed by atoms with Crippen molar-refractivity contribution in [2.75, 3.05) is 6.54 Å². The lowest BCUT2D eigenvalue weighted by molar-refractivity contribution is -0.141. The molecular formula is C14H20F3N3O. The van der Waals surface area contributed by atoms with Gasteiger partial charge in [-0.2, -0.15) is 18.3 Å². The van der Waals surface area contributed by atoms with Crippen molar-refractivity contribution in [1.82, 2.24) is 15.1 Å². The highest BCUT2D eigenvalue weighted by molar-refractivity contribution is 5.81. The van der Waals surface area contributed by atoms with Crippen LogP contribution in [0.15, 0.2) is 6.07 Å². The first-order valence-electron chi connectivity index (χ1n) is 7.02. The Morgan fingerprint density at radius 3 is 2.48 bits per heavy atom. The van der Waals surface area contributed by atoms with Crippen molar-refractivity contribution in [3.63, 3.8) is 0 Å². The summed E-state index contributed by atoms with van der Waals surface area (Å²) < 4.78 is 39.6. The van der Waals surface area contributed by atoms with Crippen LogP contribution in [0.3, 0.4) is 0 Å². The molecule has 0 atom stereocenters. The van der Waals surface area contributed by atoms with Crippen molar-refractivity contribution in [2.24, 2.45) is 5.41 Å². The third kappa shape index (κ3) is 3.98. The zero-order chi connectivity index (χ0) is 15.8. The first kappa shape index (κ1) is 15.9. The van der Waals surface area contributed by atoms with Crippen LogP contribution in [-0.2, 0) is 17.5 Å². The van der Waals surface area contributed by atoms with E-state index in [4.69, 9.17) is 0 Å². The molecule has 118 valence electrons. The first-order chi connectivity index (χ1) is 9.59. The van der Waals surface area contributed by atoms with Crippen LogP contribution < -0.4 is 5.32 Å². The second-order valence-electron chi connectivity index (χ2n) is 6.46. The van der Waals surface area contributed by atoms with E-state index in [2.05, 4.69) is 10.4 Å². The highest BCUT2D eigenvalue weighted by Crippen LogP contribution is 2.42. The van der Waals surface area contributed by atoms with Gasteiger partial charge in [0.25, 0.3) is 0 Å². The van der Waals surface area contributed by atoms with Gasteiger partial charge in [0, 0.05) is 23.6 Å². The van der Waals surface area contributed by atoms with Gasteiger partial charge in [-0.15, -0.1) is 0 Å². The summed E-state index contributed by atoms with van der Waals surface area (Å²) in [5, 5.41) is 6.37. The van der Waals surface area contributed by atoms with Gasteiger partial charge >= 0.3 is 6.18 Å². The van der Waals surface area contributed by atoms with Gasteiger partial charge in [0.1, 0.15) is 0 Å². The molecule has 0 aliphatic heterocycles. The van der Waals surface area contributed by atoms with Crippen molar-refractivity contribution < 1.29 is 18.0 Å². The van der Waals surface area contributed by atoms with Gasteiger partial charge in [-0.3, -0.25) is 9.48 Å². The molecule has 1 aliphatic carbocycles. The third-order valence-corrected chi connectivity index (χ3v) is 3.39. The number of nitrogens with zero attached hydrogens (tertiary/aromatic N) is 2. The molecule has 1 fully saturated rings. The summed E-state index contributed by atoms with van der Waals surface area (Å²) in [7, 11) is 0. The van der Waals surface area contributed by atoms with E-state index >= 15 is 0 Å². The highest BCUT2D eigenvalue weighted by atomic mass is 19.4. The number of alkyl halides is 3. The fourth-order valence-electron chi connectivity index (χ4n) is 2.00. The van der Waals surface area contributed by atoms with Gasteiger partial charge in [-0.1, -0.05) is 20.8 Å². The SMILES string of the molecule is CC(C)(C)C(=O)NCCn1nc(C(F)(F)F)cc1C1CC1. The van der Waals surface area contributed by atoms with Gasteiger partial charge in [0.15, 0.2) is 5.69 Å². The Morgan fingerprint density at radius 2 is 2.00 bits per heavy atom. The van der Waals surface area contributed by atoms with Crippen molar-refractivity contribution in [1.29, 1.82) is 0 Å². The van der Waals surface area contributed by atoms with E-state index in [0.29, 0.717) is 5.69 Å². The summed E-state index contributed by atoms with van der Waals surface area (Å²) >= 11 is 0. The van der Waals surface area contributed by atoms with Crippen LogP contribution in [0.4, 0.5) is 13.2 Å². The van der Waals surface area contributed by atoms with Crippen molar-refractivity contribution in [2.45, 2.75) is 52.3 Å². The minimum atomic E-state index is -4.43. The number of hydrogen-bond acceptors (Lipinski definition) is 2. The van der Waals surface area contributed by atoms with E-state index in [1.807, 2.05) is 0 Å². The van der Waals surface area contributed by atoms with Crippen LogP contribution in [0.2, 0.25) is 0 Å². The Kier molecular flexibility index (Phi) is 4.04. The summed E-state index contributed by atoms with van der Waals surface area (Å²) in [6, 6.07) is 1.13. The van der Waals surface area contributed by atoms with E-state index in [9.17, 15) is 18.0 Å². The Labute approximate surface area is 121 Å². The number of nitrogens with one attached hydrogen (secondary N) is 1. The Balaban J connectivity index is 2.02. The molecule has 21 heavy (non-hydrogen) atoms. The Morgan fingerprint density at radius 1 is 1.38 bits per heavy atom. The van der Waals surface area contributed by atoms with E-state index < -0.39 is 17.3 Å². The molecule has 1 heterocycles. The molecule has 0 bridgehead atoms. The minimum Gasteiger partial charge on any atom is -0.354 e. The molecule has 1 aliphatic rings. The summed E-state index contributed by atoms with van der Waals surface area (Å²) in [5.74, 6) is 0.0468. The summed E-state index contributed by atoms with van der Waals surface area (Å²) in [6.07, 6.45) is -2.63. The average molecular weight is 303 g/mol. The molecule has 4 nitrogen and oxygen atoms in total. The van der Waals surface area contributed by atoms with Crippen LogP contribution in [0, 0.1) is 5.41 Å². The normalized spacial score (nSPS) is 16.1. The van der Waals surface area contributed by atoms with Gasteiger partial charge in [0.2, 0.25) is 5.91 Å². The predicted octanol–water partition coefficient (Wildman–Crippen LogP) is 2.94. The number of rotatable bonds is 4. The minimum absolute atomic E-state index is 0.126. The topological polar surface area (TPSA) is 46.9 Å². The number of carbonyl (C=O) groups is 1. The van der Waals surface area contributed by atoms with Crippen molar-refractivity contribution in [3.8, 4) is 0 Å². The molecule has 2 rings (SSSR count). The van der Waals surface area contributed by atoms with E-state index in [0.717, 1.165) is 18.9 Å². The van der Waals surface area contributed by atoms with Crippen LogP contribution >= 0.6 is 0 Å². The largest absolute Gasteiger partial charge is 0.435 e. The molecule has 0 spiro atoms. The standard InChI is InChI=1S/C14H20F3N3O/c1-13(2,3)12(21)18-6-7-20-10(9-4-5-9)8-11(19-20)14(15,16)17/h8-9H,4-7H2,1-3H3,(H,18,21). The number of amides is 1. The Hall–Kier alpha value is -1.53. The molecule has 1 aromatic heterocycles. The Bertz CT molecular complexity index is 525. The first-order valence-corrected chi connectivity index (χ1v) is 7.02. The fraction of sp³-hybridized carbons (Fsp3) is 0.714. The second kappa shape index (κ2) is 5.35. The molecule has 0 radical (unpaired) electrons. The molecule has 1 saturated carbocycles. The molecule has 1 N–H and O–H groups in total. The fourth-order valence-corrected chi connectivity index (χ4v) is 2.00. The lowest BCUT2D eigenvalue weighted by Gasteiger charge is -2.17. The van der Waals surface area contributed by atoms with E-state index in [1.54, 1.807) is 20.8 Å². The van der Waals surface area contributed by atoms with Crippen molar-refractivity contribution >= 4 is 5.91 Å².